The van der Waals surface area contributed by atoms with Gasteiger partial charge in [-0.1, -0.05) is 12.8 Å². The summed E-state index contributed by atoms with van der Waals surface area (Å²) in [5.41, 5.74) is 1.25. The van der Waals surface area contributed by atoms with Gasteiger partial charge in [0.1, 0.15) is 5.69 Å². The van der Waals surface area contributed by atoms with Gasteiger partial charge in [0.15, 0.2) is 0 Å². The maximum Gasteiger partial charge on any atom is 0.303 e. The fourth-order valence-electron chi connectivity index (χ4n) is 1.78. The highest BCUT2D eigenvalue weighted by Gasteiger charge is 2.04. The summed E-state index contributed by atoms with van der Waals surface area (Å²) in [5.74, 6) is -0.941. The number of nitrogens with one attached hydrogen (secondary N) is 2. The van der Waals surface area contributed by atoms with Crippen molar-refractivity contribution >= 4 is 17.6 Å². The van der Waals surface area contributed by atoms with E-state index in [1.54, 1.807) is 19.3 Å². The second-order valence-corrected chi connectivity index (χ2v) is 4.49. The molecule has 0 atom stereocenters. The highest BCUT2D eigenvalue weighted by Crippen LogP contribution is 2.09. The average molecular weight is 279 g/mol. The number of pyridine rings is 1. The van der Waals surface area contributed by atoms with Crippen LogP contribution in [-0.2, 0) is 4.79 Å². The van der Waals surface area contributed by atoms with Crippen molar-refractivity contribution in [2.75, 3.05) is 18.9 Å². The molecule has 0 aliphatic carbocycles. The van der Waals surface area contributed by atoms with Gasteiger partial charge in [0.25, 0.3) is 5.91 Å². The lowest BCUT2D eigenvalue weighted by atomic mass is 10.1. The van der Waals surface area contributed by atoms with Gasteiger partial charge in [-0.3, -0.25) is 14.6 Å². The lowest BCUT2D eigenvalue weighted by Crippen LogP contribution is -2.19. The number of hydrogen-bond acceptors (Lipinski definition) is 4. The zero-order valence-corrected chi connectivity index (χ0v) is 11.7. The molecule has 1 aromatic rings. The molecule has 0 fully saturated rings. The van der Waals surface area contributed by atoms with Crippen LogP contribution in [0, 0.1) is 0 Å². The van der Waals surface area contributed by atoms with Crippen molar-refractivity contribution in [2.45, 2.75) is 32.1 Å². The summed E-state index contributed by atoms with van der Waals surface area (Å²) in [5, 5.41) is 14.3. The Morgan fingerprint density at radius 3 is 2.70 bits per heavy atom. The molecule has 1 heterocycles. The Bertz CT molecular complexity index is 449. The predicted molar refractivity (Wildman–Crippen MR) is 76.8 cm³/mol. The molecule has 0 saturated heterocycles. The number of anilines is 1. The standard InChI is InChI=1S/C14H21N3O3/c1-15-14(20)12-10-11(7-9-17-12)16-8-5-3-2-4-6-13(18)19/h7,9-10H,2-6,8H2,1H3,(H,15,20)(H,16,17)(H,18,19). The van der Waals surface area contributed by atoms with Crippen LogP contribution in [0.4, 0.5) is 5.69 Å². The van der Waals surface area contributed by atoms with E-state index in [4.69, 9.17) is 5.11 Å². The van der Waals surface area contributed by atoms with Crippen LogP contribution in [0.2, 0.25) is 0 Å². The van der Waals surface area contributed by atoms with Crippen molar-refractivity contribution in [3.63, 3.8) is 0 Å². The summed E-state index contributed by atoms with van der Waals surface area (Å²) in [6, 6.07) is 3.53. The van der Waals surface area contributed by atoms with E-state index in [0.717, 1.165) is 37.9 Å². The van der Waals surface area contributed by atoms with Crippen LogP contribution >= 0.6 is 0 Å². The largest absolute Gasteiger partial charge is 0.481 e. The van der Waals surface area contributed by atoms with E-state index in [9.17, 15) is 9.59 Å². The molecule has 0 aliphatic heterocycles. The molecule has 0 spiro atoms. The highest BCUT2D eigenvalue weighted by atomic mass is 16.4. The number of carbonyl (C=O) groups is 2. The quantitative estimate of drug-likeness (QED) is 0.600. The zero-order valence-electron chi connectivity index (χ0n) is 11.7. The first-order chi connectivity index (χ1) is 9.63. The summed E-state index contributed by atoms with van der Waals surface area (Å²) in [4.78, 5) is 25.7. The molecular formula is C14H21N3O3. The monoisotopic (exact) mass is 279 g/mol. The molecule has 20 heavy (non-hydrogen) atoms. The molecule has 0 saturated carbocycles. The van der Waals surface area contributed by atoms with Gasteiger partial charge < -0.3 is 15.7 Å². The first-order valence-electron chi connectivity index (χ1n) is 6.77. The summed E-state index contributed by atoms with van der Waals surface area (Å²) in [6.45, 7) is 0.796. The predicted octanol–water partition coefficient (Wildman–Crippen LogP) is 1.89. The number of carboxylic acids is 1. The van der Waals surface area contributed by atoms with Gasteiger partial charge in [-0.15, -0.1) is 0 Å². The van der Waals surface area contributed by atoms with Crippen molar-refractivity contribution in [2.24, 2.45) is 0 Å². The van der Waals surface area contributed by atoms with Crippen LogP contribution in [0.15, 0.2) is 18.3 Å². The molecule has 6 heteroatoms. The maximum atomic E-state index is 11.4. The Balaban J connectivity index is 2.22. The first-order valence-corrected chi connectivity index (χ1v) is 6.77. The second kappa shape index (κ2) is 8.90. The Kier molecular flexibility index (Phi) is 7.10. The van der Waals surface area contributed by atoms with Crippen molar-refractivity contribution in [1.82, 2.24) is 10.3 Å². The van der Waals surface area contributed by atoms with E-state index in [2.05, 4.69) is 15.6 Å². The van der Waals surface area contributed by atoms with Crippen LogP contribution in [0.25, 0.3) is 0 Å². The van der Waals surface area contributed by atoms with E-state index in [1.165, 1.54) is 0 Å². The lowest BCUT2D eigenvalue weighted by Gasteiger charge is -2.07. The van der Waals surface area contributed by atoms with E-state index in [1.807, 2.05) is 6.07 Å². The Hall–Kier alpha value is -2.11. The van der Waals surface area contributed by atoms with E-state index >= 15 is 0 Å². The van der Waals surface area contributed by atoms with Crippen molar-refractivity contribution < 1.29 is 14.7 Å². The third-order valence-corrected chi connectivity index (χ3v) is 2.87. The molecule has 1 rings (SSSR count). The Labute approximate surface area is 118 Å². The molecule has 0 radical (unpaired) electrons. The highest BCUT2D eigenvalue weighted by molar-refractivity contribution is 5.92. The zero-order chi connectivity index (χ0) is 14.8. The smallest absolute Gasteiger partial charge is 0.303 e. The summed E-state index contributed by atoms with van der Waals surface area (Å²) in [6.07, 6.45) is 5.46. The minimum atomic E-state index is -0.735. The van der Waals surface area contributed by atoms with E-state index in [-0.39, 0.29) is 12.3 Å². The first kappa shape index (κ1) is 15.9. The number of carbonyl (C=O) groups excluding carboxylic acids is 1. The van der Waals surface area contributed by atoms with Crippen LogP contribution in [0.3, 0.4) is 0 Å². The Morgan fingerprint density at radius 2 is 2.00 bits per heavy atom. The lowest BCUT2D eigenvalue weighted by molar-refractivity contribution is -0.137. The van der Waals surface area contributed by atoms with Gasteiger partial charge in [-0.05, 0) is 25.0 Å². The molecule has 0 unspecified atom stereocenters. The van der Waals surface area contributed by atoms with Crippen molar-refractivity contribution in [3.8, 4) is 0 Å². The third kappa shape index (κ3) is 6.17. The minimum absolute atomic E-state index is 0.206. The molecule has 110 valence electrons. The van der Waals surface area contributed by atoms with Crippen LogP contribution in [0.5, 0.6) is 0 Å². The minimum Gasteiger partial charge on any atom is -0.481 e. The third-order valence-electron chi connectivity index (χ3n) is 2.87. The molecule has 1 aromatic heterocycles. The SMILES string of the molecule is CNC(=O)c1cc(NCCCCCCC(=O)O)ccn1. The van der Waals surface area contributed by atoms with Crippen LogP contribution in [0.1, 0.15) is 42.6 Å². The van der Waals surface area contributed by atoms with E-state index in [0.29, 0.717) is 5.69 Å². The van der Waals surface area contributed by atoms with Crippen molar-refractivity contribution in [3.05, 3.63) is 24.0 Å². The van der Waals surface area contributed by atoms with Crippen LogP contribution < -0.4 is 10.6 Å². The molecule has 3 N–H and O–H groups in total. The van der Waals surface area contributed by atoms with Gasteiger partial charge in [-0.2, -0.15) is 0 Å². The summed E-state index contributed by atoms with van der Waals surface area (Å²) >= 11 is 0. The number of aromatic nitrogens is 1. The number of carboxylic acid groups (broad SMARTS) is 1. The molecular weight excluding hydrogens is 258 g/mol. The number of rotatable bonds is 9. The fourth-order valence-corrected chi connectivity index (χ4v) is 1.78. The number of aliphatic carboxylic acids is 1. The fraction of sp³-hybridized carbons (Fsp3) is 0.500. The topological polar surface area (TPSA) is 91.3 Å². The normalized spacial score (nSPS) is 10.1. The average Bonchev–Trinajstić information content (AvgIpc) is 2.45. The van der Waals surface area contributed by atoms with Gasteiger partial charge in [0, 0.05) is 31.9 Å². The molecule has 1 amide bonds. The van der Waals surface area contributed by atoms with Gasteiger partial charge in [-0.25, -0.2) is 0 Å². The van der Waals surface area contributed by atoms with Gasteiger partial charge in [0.05, 0.1) is 0 Å². The number of amides is 1. The second-order valence-electron chi connectivity index (χ2n) is 4.49. The van der Waals surface area contributed by atoms with Gasteiger partial charge >= 0.3 is 5.97 Å². The van der Waals surface area contributed by atoms with Crippen LogP contribution in [-0.4, -0.2) is 35.6 Å². The molecule has 0 bridgehead atoms. The van der Waals surface area contributed by atoms with Crippen molar-refractivity contribution in [1.29, 1.82) is 0 Å². The summed E-state index contributed by atoms with van der Waals surface area (Å²) < 4.78 is 0. The Morgan fingerprint density at radius 1 is 1.25 bits per heavy atom. The molecule has 6 nitrogen and oxygen atoms in total. The number of hydrogen-bond donors (Lipinski definition) is 3. The molecule has 0 aliphatic rings. The van der Waals surface area contributed by atoms with Gasteiger partial charge in [0.2, 0.25) is 0 Å². The number of unbranched alkanes of at least 4 members (excludes halogenated alkanes) is 3. The number of nitrogens with zero attached hydrogens (tertiary/aromatic N) is 1. The van der Waals surface area contributed by atoms with E-state index < -0.39 is 5.97 Å². The molecule has 0 aromatic carbocycles. The summed E-state index contributed by atoms with van der Waals surface area (Å²) in [7, 11) is 1.57. The maximum absolute atomic E-state index is 11.4.